The second kappa shape index (κ2) is 6.57. The Morgan fingerprint density at radius 2 is 2.27 bits per heavy atom. The molecule has 134 valence electrons. The van der Waals surface area contributed by atoms with Crippen LogP contribution in [0.15, 0.2) is 35.2 Å². The number of thiazole rings is 1. The lowest BCUT2D eigenvalue weighted by atomic mass is 10.1. The van der Waals surface area contributed by atoms with E-state index in [1.54, 1.807) is 13.1 Å². The standard InChI is InChI=1S/C19H18N2O4S/c1-10-5-13(10)8-24-15-4-3-12(6-14(15)16-7-20-9-25-16)18-21-11(2)17(26-18)19(22)23/h3-4,6-7,9-10,13H,5,8H2,1-2H3,(H,22,23). The fourth-order valence-corrected chi connectivity index (χ4v) is 3.78. The van der Waals surface area contributed by atoms with Crippen LogP contribution in [0.3, 0.4) is 0 Å². The molecular formula is C19H18N2O4S. The van der Waals surface area contributed by atoms with E-state index in [2.05, 4.69) is 16.9 Å². The Bertz CT molecular complexity index is 949. The van der Waals surface area contributed by atoms with Gasteiger partial charge in [0.2, 0.25) is 0 Å². The molecule has 0 saturated heterocycles. The van der Waals surface area contributed by atoms with Gasteiger partial charge in [-0.2, -0.15) is 0 Å². The van der Waals surface area contributed by atoms with Gasteiger partial charge in [-0.1, -0.05) is 6.92 Å². The molecule has 0 amide bonds. The van der Waals surface area contributed by atoms with Crippen LogP contribution in [0.25, 0.3) is 21.9 Å². The van der Waals surface area contributed by atoms with Crippen LogP contribution in [0.1, 0.15) is 28.7 Å². The van der Waals surface area contributed by atoms with Crippen LogP contribution in [0, 0.1) is 18.8 Å². The summed E-state index contributed by atoms with van der Waals surface area (Å²) in [6.07, 6.45) is 4.22. The second-order valence-corrected chi connectivity index (χ2v) is 7.60. The molecule has 2 heterocycles. The highest BCUT2D eigenvalue weighted by atomic mass is 32.1. The van der Waals surface area contributed by atoms with Crippen LogP contribution in [0.5, 0.6) is 5.75 Å². The maximum Gasteiger partial charge on any atom is 0.347 e. The van der Waals surface area contributed by atoms with Crippen LogP contribution in [0.4, 0.5) is 0 Å². The number of nitrogens with zero attached hydrogens (tertiary/aromatic N) is 2. The average Bonchev–Trinajstić information content (AvgIpc) is 3.04. The molecule has 2 unspecified atom stereocenters. The van der Waals surface area contributed by atoms with Crippen LogP contribution < -0.4 is 4.74 Å². The summed E-state index contributed by atoms with van der Waals surface area (Å²) in [5.41, 5.74) is 2.13. The number of aromatic nitrogens is 2. The van der Waals surface area contributed by atoms with Gasteiger partial charge >= 0.3 is 5.97 Å². The molecule has 0 aliphatic heterocycles. The van der Waals surface area contributed by atoms with E-state index in [4.69, 9.17) is 9.15 Å². The molecule has 1 saturated carbocycles. The maximum absolute atomic E-state index is 11.3. The number of aromatic carboxylic acids is 1. The van der Waals surface area contributed by atoms with Gasteiger partial charge in [-0.15, -0.1) is 11.3 Å². The summed E-state index contributed by atoms with van der Waals surface area (Å²) in [5.74, 6) is 1.71. The molecule has 2 aromatic heterocycles. The fraction of sp³-hybridized carbons (Fsp3) is 0.316. The molecule has 1 N–H and O–H groups in total. The average molecular weight is 370 g/mol. The SMILES string of the molecule is Cc1nc(-c2ccc(OCC3CC3C)c(-c3cnco3)c2)sc1C(=O)O. The minimum Gasteiger partial charge on any atom is -0.493 e. The van der Waals surface area contributed by atoms with Gasteiger partial charge in [-0.05, 0) is 43.4 Å². The van der Waals surface area contributed by atoms with E-state index in [0.717, 1.165) is 34.1 Å². The number of rotatable bonds is 6. The molecule has 2 atom stereocenters. The highest BCUT2D eigenvalue weighted by Crippen LogP contribution is 2.40. The number of carboxylic acid groups (broad SMARTS) is 1. The zero-order valence-corrected chi connectivity index (χ0v) is 15.2. The van der Waals surface area contributed by atoms with Gasteiger partial charge in [-0.3, -0.25) is 0 Å². The van der Waals surface area contributed by atoms with E-state index in [1.165, 1.54) is 12.8 Å². The summed E-state index contributed by atoms with van der Waals surface area (Å²) < 4.78 is 11.5. The highest BCUT2D eigenvalue weighted by Gasteiger charge is 2.33. The summed E-state index contributed by atoms with van der Waals surface area (Å²) in [6.45, 7) is 4.61. The fourth-order valence-electron chi connectivity index (χ4n) is 2.88. The normalized spacial score (nSPS) is 18.7. The Kier molecular flexibility index (Phi) is 4.24. The molecule has 3 aromatic rings. The molecule has 1 aliphatic rings. The first-order valence-corrected chi connectivity index (χ1v) is 9.21. The van der Waals surface area contributed by atoms with Crippen LogP contribution in [0.2, 0.25) is 0 Å². The predicted octanol–water partition coefficient (Wildman–Crippen LogP) is 4.51. The molecule has 0 spiro atoms. The van der Waals surface area contributed by atoms with Crippen molar-refractivity contribution in [3.05, 3.63) is 41.4 Å². The first kappa shape index (κ1) is 16.8. The monoisotopic (exact) mass is 370 g/mol. The number of aryl methyl sites for hydroxylation is 1. The lowest BCUT2D eigenvalue weighted by Crippen LogP contribution is -2.01. The molecule has 4 rings (SSSR count). The molecular weight excluding hydrogens is 352 g/mol. The number of benzene rings is 1. The van der Waals surface area contributed by atoms with Crippen molar-refractivity contribution in [2.75, 3.05) is 6.61 Å². The molecule has 1 fully saturated rings. The summed E-state index contributed by atoms with van der Waals surface area (Å²) in [6, 6.07) is 5.70. The first-order chi connectivity index (χ1) is 12.5. The molecule has 6 nitrogen and oxygen atoms in total. The smallest absolute Gasteiger partial charge is 0.347 e. The molecule has 26 heavy (non-hydrogen) atoms. The van der Waals surface area contributed by atoms with Crippen molar-refractivity contribution in [3.8, 4) is 27.6 Å². The minimum absolute atomic E-state index is 0.254. The van der Waals surface area contributed by atoms with Crippen molar-refractivity contribution >= 4 is 17.3 Å². The van der Waals surface area contributed by atoms with E-state index >= 15 is 0 Å². The molecule has 0 bridgehead atoms. The number of carbonyl (C=O) groups is 1. The molecule has 7 heteroatoms. The van der Waals surface area contributed by atoms with Gasteiger partial charge in [-0.25, -0.2) is 14.8 Å². The van der Waals surface area contributed by atoms with Crippen molar-refractivity contribution in [1.82, 2.24) is 9.97 Å². The Labute approximate surface area is 154 Å². The quantitative estimate of drug-likeness (QED) is 0.687. The number of hydrogen-bond donors (Lipinski definition) is 1. The summed E-state index contributed by atoms with van der Waals surface area (Å²) in [4.78, 5) is 19.9. The third-order valence-electron chi connectivity index (χ3n) is 4.64. The molecule has 0 radical (unpaired) electrons. The van der Waals surface area contributed by atoms with Crippen molar-refractivity contribution < 1.29 is 19.1 Å². The van der Waals surface area contributed by atoms with E-state index in [1.807, 2.05) is 18.2 Å². The van der Waals surface area contributed by atoms with E-state index in [0.29, 0.717) is 29.0 Å². The lowest BCUT2D eigenvalue weighted by molar-refractivity contribution is 0.0701. The summed E-state index contributed by atoms with van der Waals surface area (Å²) >= 11 is 1.16. The Morgan fingerprint density at radius 3 is 2.88 bits per heavy atom. The topological polar surface area (TPSA) is 85.5 Å². The predicted molar refractivity (Wildman–Crippen MR) is 97.5 cm³/mol. The second-order valence-electron chi connectivity index (χ2n) is 6.60. The number of hydrogen-bond acceptors (Lipinski definition) is 6. The first-order valence-electron chi connectivity index (χ1n) is 8.39. The molecule has 1 aromatic carbocycles. The Balaban J connectivity index is 1.69. The third kappa shape index (κ3) is 3.22. The zero-order chi connectivity index (χ0) is 18.3. The third-order valence-corrected chi connectivity index (χ3v) is 5.84. The zero-order valence-electron chi connectivity index (χ0n) is 14.4. The van der Waals surface area contributed by atoms with Gasteiger partial charge in [0.25, 0.3) is 0 Å². The largest absolute Gasteiger partial charge is 0.493 e. The highest BCUT2D eigenvalue weighted by molar-refractivity contribution is 7.17. The van der Waals surface area contributed by atoms with Crippen molar-refractivity contribution in [2.24, 2.45) is 11.8 Å². The summed E-state index contributed by atoms with van der Waals surface area (Å²) in [7, 11) is 0. The van der Waals surface area contributed by atoms with E-state index in [9.17, 15) is 9.90 Å². The maximum atomic E-state index is 11.3. The van der Waals surface area contributed by atoms with Gasteiger partial charge in [0.05, 0.1) is 24.1 Å². The van der Waals surface area contributed by atoms with Crippen molar-refractivity contribution in [1.29, 1.82) is 0 Å². The van der Waals surface area contributed by atoms with Crippen LogP contribution in [-0.4, -0.2) is 27.7 Å². The van der Waals surface area contributed by atoms with Crippen molar-refractivity contribution in [2.45, 2.75) is 20.3 Å². The van der Waals surface area contributed by atoms with Gasteiger partial charge in [0.15, 0.2) is 12.2 Å². The Morgan fingerprint density at radius 1 is 1.46 bits per heavy atom. The molecule has 1 aliphatic carbocycles. The number of ether oxygens (including phenoxy) is 1. The summed E-state index contributed by atoms with van der Waals surface area (Å²) in [5, 5.41) is 9.91. The lowest BCUT2D eigenvalue weighted by Gasteiger charge is -2.11. The van der Waals surface area contributed by atoms with Crippen LogP contribution in [-0.2, 0) is 0 Å². The Hall–Kier alpha value is -2.67. The van der Waals surface area contributed by atoms with Crippen LogP contribution >= 0.6 is 11.3 Å². The van der Waals surface area contributed by atoms with E-state index in [-0.39, 0.29) is 4.88 Å². The van der Waals surface area contributed by atoms with Gasteiger partial charge in [0, 0.05) is 5.56 Å². The minimum atomic E-state index is -0.958. The van der Waals surface area contributed by atoms with E-state index < -0.39 is 5.97 Å². The number of oxazole rings is 1. The van der Waals surface area contributed by atoms with Gasteiger partial charge in [0.1, 0.15) is 15.6 Å². The number of carboxylic acids is 1. The van der Waals surface area contributed by atoms with Crippen molar-refractivity contribution in [3.63, 3.8) is 0 Å². The van der Waals surface area contributed by atoms with Gasteiger partial charge < -0.3 is 14.3 Å².